The Labute approximate surface area is 150 Å². The summed E-state index contributed by atoms with van der Waals surface area (Å²) in [4.78, 5) is 29.3. The van der Waals surface area contributed by atoms with Crippen LogP contribution in [0.15, 0.2) is 12.4 Å². The fourth-order valence-electron chi connectivity index (χ4n) is 3.55. The van der Waals surface area contributed by atoms with Crippen molar-refractivity contribution in [2.24, 2.45) is 11.8 Å². The van der Waals surface area contributed by atoms with Crippen LogP contribution in [-0.2, 0) is 16.1 Å². The van der Waals surface area contributed by atoms with E-state index < -0.39 is 0 Å². The quantitative estimate of drug-likeness (QED) is 0.792. The average molecular weight is 346 g/mol. The molecule has 6 nitrogen and oxygen atoms in total. The van der Waals surface area contributed by atoms with Gasteiger partial charge in [-0.05, 0) is 37.2 Å². The van der Waals surface area contributed by atoms with Crippen molar-refractivity contribution in [1.82, 2.24) is 19.6 Å². The summed E-state index contributed by atoms with van der Waals surface area (Å²) >= 11 is 0. The largest absolute Gasteiger partial charge is 0.340 e. The lowest BCUT2D eigenvalue weighted by Crippen LogP contribution is -2.48. The first-order valence-corrected chi connectivity index (χ1v) is 9.50. The maximum Gasteiger partial charge on any atom is 0.224 e. The first kappa shape index (κ1) is 18.0. The second kappa shape index (κ2) is 7.58. The first-order valence-electron chi connectivity index (χ1n) is 9.50. The van der Waals surface area contributed by atoms with Crippen molar-refractivity contribution in [2.75, 3.05) is 19.6 Å². The molecule has 2 aliphatic rings. The van der Waals surface area contributed by atoms with Crippen molar-refractivity contribution in [2.45, 2.75) is 59.0 Å². The highest BCUT2D eigenvalue weighted by Crippen LogP contribution is 2.32. The Balaban J connectivity index is 1.62. The fourth-order valence-corrected chi connectivity index (χ4v) is 3.55. The zero-order valence-corrected chi connectivity index (χ0v) is 15.6. The molecule has 3 rings (SSSR count). The lowest BCUT2D eigenvalue weighted by Gasteiger charge is -2.34. The predicted octanol–water partition coefficient (Wildman–Crippen LogP) is 2.08. The third-order valence-corrected chi connectivity index (χ3v) is 5.31. The summed E-state index contributed by atoms with van der Waals surface area (Å²) < 4.78 is 1.82. The topological polar surface area (TPSA) is 58.4 Å². The zero-order chi connectivity index (χ0) is 18.0. The summed E-state index contributed by atoms with van der Waals surface area (Å²) in [6, 6.07) is 0.131. The van der Waals surface area contributed by atoms with Crippen molar-refractivity contribution < 1.29 is 9.59 Å². The number of aromatic nitrogens is 2. The highest BCUT2D eigenvalue weighted by Gasteiger charge is 2.36. The second-order valence-electron chi connectivity index (χ2n) is 7.92. The molecule has 1 unspecified atom stereocenters. The van der Waals surface area contributed by atoms with Crippen LogP contribution in [0.5, 0.6) is 0 Å². The van der Waals surface area contributed by atoms with Gasteiger partial charge in [-0.1, -0.05) is 13.8 Å². The van der Waals surface area contributed by atoms with Gasteiger partial charge in [-0.15, -0.1) is 0 Å². The number of aryl methyl sites for hydroxylation is 2. The lowest BCUT2D eigenvalue weighted by atomic mass is 10.0. The van der Waals surface area contributed by atoms with Gasteiger partial charge in [-0.3, -0.25) is 14.3 Å². The molecule has 0 N–H and O–H groups in total. The van der Waals surface area contributed by atoms with Crippen molar-refractivity contribution in [3.05, 3.63) is 18.0 Å². The Bertz CT molecular complexity index is 621. The smallest absolute Gasteiger partial charge is 0.224 e. The summed E-state index contributed by atoms with van der Waals surface area (Å²) in [6.07, 6.45) is 7.11. The van der Waals surface area contributed by atoms with Crippen molar-refractivity contribution in [1.29, 1.82) is 0 Å². The second-order valence-corrected chi connectivity index (χ2v) is 7.92. The number of nitrogens with zero attached hydrogens (tertiary/aromatic N) is 4. The van der Waals surface area contributed by atoms with Crippen molar-refractivity contribution >= 4 is 11.8 Å². The van der Waals surface area contributed by atoms with Gasteiger partial charge >= 0.3 is 0 Å². The van der Waals surface area contributed by atoms with E-state index in [9.17, 15) is 9.59 Å². The minimum atomic E-state index is 0.125. The molecule has 0 bridgehead atoms. The van der Waals surface area contributed by atoms with E-state index in [1.54, 1.807) is 6.20 Å². The molecule has 1 aromatic rings. The van der Waals surface area contributed by atoms with Gasteiger partial charge in [-0.25, -0.2) is 0 Å². The van der Waals surface area contributed by atoms with Gasteiger partial charge in [0.15, 0.2) is 0 Å². The molecule has 1 atom stereocenters. The normalized spacial score (nSPS) is 21.8. The van der Waals surface area contributed by atoms with Gasteiger partial charge in [0.25, 0.3) is 0 Å². The molecule has 1 saturated carbocycles. The predicted molar refractivity (Wildman–Crippen MR) is 95.8 cm³/mol. The molecule has 1 aliphatic carbocycles. The zero-order valence-electron chi connectivity index (χ0n) is 15.6. The lowest BCUT2D eigenvalue weighted by molar-refractivity contribution is -0.134. The number of hydrogen-bond donors (Lipinski definition) is 0. The fraction of sp³-hybridized carbons (Fsp3) is 0.737. The van der Waals surface area contributed by atoms with Gasteiger partial charge in [0, 0.05) is 45.2 Å². The van der Waals surface area contributed by atoms with E-state index in [-0.39, 0.29) is 17.9 Å². The summed E-state index contributed by atoms with van der Waals surface area (Å²) in [5, 5.41) is 4.24. The van der Waals surface area contributed by atoms with Gasteiger partial charge < -0.3 is 9.80 Å². The molecule has 0 radical (unpaired) electrons. The van der Waals surface area contributed by atoms with Crippen LogP contribution >= 0.6 is 0 Å². The molecular weight excluding hydrogens is 316 g/mol. The number of hydrogen-bond acceptors (Lipinski definition) is 3. The van der Waals surface area contributed by atoms with E-state index in [2.05, 4.69) is 23.8 Å². The summed E-state index contributed by atoms with van der Waals surface area (Å²) in [5.41, 5.74) is 1.10. The third kappa shape index (κ3) is 4.61. The van der Waals surface area contributed by atoms with Crippen LogP contribution in [0.2, 0.25) is 0 Å². The van der Waals surface area contributed by atoms with E-state index in [1.165, 1.54) is 12.8 Å². The SMILES string of the molecule is Cc1cnn(CCC(=O)N2CCC(=O)N(CC3CC3)C(C(C)C)C2)c1. The molecule has 2 fully saturated rings. The summed E-state index contributed by atoms with van der Waals surface area (Å²) in [7, 11) is 0. The minimum absolute atomic E-state index is 0.125. The molecule has 1 aromatic heterocycles. The van der Waals surface area contributed by atoms with Crippen molar-refractivity contribution in [3.63, 3.8) is 0 Å². The van der Waals surface area contributed by atoms with Gasteiger partial charge in [0.05, 0.1) is 12.2 Å². The van der Waals surface area contributed by atoms with E-state index in [4.69, 9.17) is 0 Å². The number of carbonyl (C=O) groups is 2. The molecule has 25 heavy (non-hydrogen) atoms. The average Bonchev–Trinajstić information content (AvgIpc) is 3.32. The Morgan fingerprint density at radius 1 is 1.36 bits per heavy atom. The Morgan fingerprint density at radius 3 is 2.72 bits per heavy atom. The molecule has 0 aromatic carbocycles. The summed E-state index contributed by atoms with van der Waals surface area (Å²) in [5.74, 6) is 1.36. The highest BCUT2D eigenvalue weighted by molar-refractivity contribution is 5.80. The maximum atomic E-state index is 12.7. The summed E-state index contributed by atoms with van der Waals surface area (Å²) in [6.45, 7) is 8.96. The number of amides is 2. The van der Waals surface area contributed by atoms with Gasteiger partial charge in [-0.2, -0.15) is 5.10 Å². The monoisotopic (exact) mass is 346 g/mol. The van der Waals surface area contributed by atoms with E-state index in [0.717, 1.165) is 12.1 Å². The van der Waals surface area contributed by atoms with E-state index >= 15 is 0 Å². The first-order chi connectivity index (χ1) is 11.9. The van der Waals surface area contributed by atoms with Crippen LogP contribution in [0, 0.1) is 18.8 Å². The van der Waals surface area contributed by atoms with Gasteiger partial charge in [0.1, 0.15) is 0 Å². The Morgan fingerprint density at radius 2 is 2.12 bits per heavy atom. The van der Waals surface area contributed by atoms with Crippen LogP contribution in [0.4, 0.5) is 0 Å². The molecular formula is C19H30N4O2. The molecule has 2 amide bonds. The highest BCUT2D eigenvalue weighted by atomic mass is 16.2. The molecule has 2 heterocycles. The number of rotatable bonds is 6. The van der Waals surface area contributed by atoms with E-state index in [0.29, 0.717) is 44.3 Å². The maximum absolute atomic E-state index is 12.7. The molecule has 1 aliphatic heterocycles. The standard InChI is InChI=1S/C19H30N4O2/c1-14(2)17-13-21(8-6-19(25)23(17)12-16-4-5-16)18(24)7-9-22-11-15(3)10-20-22/h10-11,14,16-17H,4-9,12-13H2,1-3H3. The van der Waals surface area contributed by atoms with Crippen molar-refractivity contribution in [3.8, 4) is 0 Å². The van der Waals surface area contributed by atoms with Gasteiger partial charge in [0.2, 0.25) is 11.8 Å². The Hall–Kier alpha value is -1.85. The van der Waals surface area contributed by atoms with Crippen LogP contribution < -0.4 is 0 Å². The van der Waals surface area contributed by atoms with Crippen LogP contribution in [0.1, 0.15) is 45.1 Å². The molecule has 6 heteroatoms. The molecule has 0 spiro atoms. The van der Waals surface area contributed by atoms with Crippen LogP contribution in [0.3, 0.4) is 0 Å². The van der Waals surface area contributed by atoms with E-state index in [1.807, 2.05) is 22.7 Å². The number of carbonyl (C=O) groups excluding carboxylic acids is 2. The Kier molecular flexibility index (Phi) is 5.45. The van der Waals surface area contributed by atoms with Crippen LogP contribution in [-0.4, -0.2) is 57.1 Å². The molecule has 1 saturated heterocycles. The minimum Gasteiger partial charge on any atom is -0.340 e. The third-order valence-electron chi connectivity index (χ3n) is 5.31. The van der Waals surface area contributed by atoms with Crippen LogP contribution in [0.25, 0.3) is 0 Å². The molecule has 138 valence electrons.